The lowest BCUT2D eigenvalue weighted by Gasteiger charge is -2.35. The summed E-state index contributed by atoms with van der Waals surface area (Å²) in [6.45, 7) is 4.33. The Balaban J connectivity index is 1.16. The van der Waals surface area contributed by atoms with Crippen LogP contribution in [-0.4, -0.2) is 109 Å². The van der Waals surface area contributed by atoms with Crippen LogP contribution in [0.4, 0.5) is 0 Å². The Morgan fingerprint density at radius 3 is 2.27 bits per heavy atom. The van der Waals surface area contributed by atoms with E-state index in [-0.39, 0.29) is 22.8 Å². The van der Waals surface area contributed by atoms with Crippen LogP contribution in [0.1, 0.15) is 28.9 Å². The lowest BCUT2D eigenvalue weighted by molar-refractivity contribution is -0.142. The van der Waals surface area contributed by atoms with E-state index < -0.39 is 10.0 Å². The summed E-state index contributed by atoms with van der Waals surface area (Å²) in [5.41, 5.74) is 2.07. The molecule has 1 aromatic heterocycles. The maximum absolute atomic E-state index is 13.6. The molecule has 1 unspecified atom stereocenters. The molecule has 3 fully saturated rings. The summed E-state index contributed by atoms with van der Waals surface area (Å²) in [5, 5.41) is 5.47. The topological polar surface area (TPSA) is 114 Å². The van der Waals surface area contributed by atoms with Gasteiger partial charge in [0.1, 0.15) is 6.10 Å². The molecule has 3 aliphatic heterocycles. The third-order valence-electron chi connectivity index (χ3n) is 7.81. The summed E-state index contributed by atoms with van der Waals surface area (Å²) in [6.07, 6.45) is 1.31. The number of sulfonamides is 1. The summed E-state index contributed by atoms with van der Waals surface area (Å²) in [6, 6.07) is 14.4. The van der Waals surface area contributed by atoms with Crippen LogP contribution in [0.3, 0.4) is 0 Å². The van der Waals surface area contributed by atoms with Gasteiger partial charge in [0.2, 0.25) is 10.0 Å². The number of rotatable bonds is 6. The number of hydrogen-bond donors (Lipinski definition) is 0. The van der Waals surface area contributed by atoms with Gasteiger partial charge in [-0.2, -0.15) is 9.40 Å². The number of carbonyl (C=O) groups excluding carboxylic acids is 2. The van der Waals surface area contributed by atoms with Crippen molar-refractivity contribution in [3.63, 3.8) is 0 Å². The number of carbonyl (C=O) groups is 2. The van der Waals surface area contributed by atoms with Gasteiger partial charge >= 0.3 is 0 Å². The Kier molecular flexibility index (Phi) is 7.58. The summed E-state index contributed by atoms with van der Waals surface area (Å²) in [5.74, 6) is -0.144. The Labute approximate surface area is 233 Å². The average Bonchev–Trinajstić information content (AvgIpc) is 3.67. The molecule has 0 aliphatic carbocycles. The first-order valence-electron chi connectivity index (χ1n) is 13.7. The van der Waals surface area contributed by atoms with Gasteiger partial charge in [0.25, 0.3) is 11.8 Å². The number of amides is 2. The van der Waals surface area contributed by atoms with Gasteiger partial charge in [0.15, 0.2) is 5.69 Å². The van der Waals surface area contributed by atoms with E-state index in [1.165, 1.54) is 4.31 Å². The van der Waals surface area contributed by atoms with Crippen LogP contribution < -0.4 is 0 Å². The van der Waals surface area contributed by atoms with Crippen molar-refractivity contribution >= 4 is 32.7 Å². The molecule has 3 aliphatic rings. The fourth-order valence-electron chi connectivity index (χ4n) is 5.54. The Bertz CT molecular complexity index is 1490. The first kappa shape index (κ1) is 26.9. The smallest absolute Gasteiger partial charge is 0.275 e. The number of piperazine rings is 1. The number of nitrogens with zero attached hydrogens (tertiary/aromatic N) is 5. The zero-order valence-corrected chi connectivity index (χ0v) is 23.1. The third-order valence-corrected chi connectivity index (χ3v) is 9.72. The molecule has 1 atom stereocenters. The Hall–Kier alpha value is -3.32. The molecule has 4 heterocycles. The second-order valence-corrected chi connectivity index (χ2v) is 12.2. The highest BCUT2D eigenvalue weighted by Gasteiger charge is 2.33. The molecule has 6 rings (SSSR count). The fraction of sp³-hybridized carbons (Fsp3) is 0.464. The lowest BCUT2D eigenvalue weighted by Crippen LogP contribution is -2.52. The Morgan fingerprint density at radius 2 is 1.57 bits per heavy atom. The molecule has 2 amide bonds. The molecular formula is C28H33N5O6S. The van der Waals surface area contributed by atoms with Crippen LogP contribution in [0.15, 0.2) is 53.4 Å². The summed E-state index contributed by atoms with van der Waals surface area (Å²) in [4.78, 5) is 30.0. The summed E-state index contributed by atoms with van der Waals surface area (Å²) >= 11 is 0. The van der Waals surface area contributed by atoms with Gasteiger partial charge < -0.3 is 19.3 Å². The Morgan fingerprint density at radius 1 is 0.875 bits per heavy atom. The van der Waals surface area contributed by atoms with Crippen molar-refractivity contribution in [2.45, 2.75) is 30.4 Å². The molecule has 212 valence electrons. The van der Waals surface area contributed by atoms with E-state index in [0.717, 1.165) is 29.3 Å². The van der Waals surface area contributed by atoms with Crippen molar-refractivity contribution in [3.8, 4) is 0 Å². The molecule has 3 saturated heterocycles. The minimum atomic E-state index is -3.57. The van der Waals surface area contributed by atoms with Crippen molar-refractivity contribution in [1.29, 1.82) is 0 Å². The van der Waals surface area contributed by atoms with Crippen LogP contribution in [0, 0.1) is 0 Å². The maximum Gasteiger partial charge on any atom is 0.275 e. The first-order chi connectivity index (χ1) is 19.4. The predicted octanol–water partition coefficient (Wildman–Crippen LogP) is 1.57. The molecule has 11 nitrogen and oxygen atoms in total. The molecule has 0 bridgehead atoms. The number of ether oxygens (including phenoxy) is 2. The van der Waals surface area contributed by atoms with Crippen LogP contribution in [0.5, 0.6) is 0 Å². The highest BCUT2D eigenvalue weighted by Crippen LogP contribution is 2.24. The third kappa shape index (κ3) is 5.24. The van der Waals surface area contributed by atoms with Crippen molar-refractivity contribution in [2.24, 2.45) is 0 Å². The zero-order chi connectivity index (χ0) is 27.7. The minimum Gasteiger partial charge on any atom is -0.379 e. The predicted molar refractivity (Wildman–Crippen MR) is 146 cm³/mol. The number of benzene rings is 2. The zero-order valence-electron chi connectivity index (χ0n) is 22.3. The average molecular weight is 568 g/mol. The minimum absolute atomic E-state index is 0.0168. The van der Waals surface area contributed by atoms with Crippen LogP contribution in [-0.2, 0) is 30.8 Å². The SMILES string of the molecule is O=C(c1nn(Cc2ccc(S(=O)(=O)N3CCOCC3)cc2)c2ccccc12)N1CCN(C(=O)C2CCCO2)CC1. The fourth-order valence-corrected chi connectivity index (χ4v) is 6.95. The van der Waals surface area contributed by atoms with E-state index in [0.29, 0.717) is 71.3 Å². The van der Waals surface area contributed by atoms with Crippen molar-refractivity contribution in [3.05, 3.63) is 59.8 Å². The van der Waals surface area contributed by atoms with Crippen LogP contribution in [0.2, 0.25) is 0 Å². The number of para-hydroxylation sites is 1. The second kappa shape index (κ2) is 11.3. The lowest BCUT2D eigenvalue weighted by atomic mass is 10.1. The maximum atomic E-state index is 13.6. The standard InChI is InChI=1S/C28H33N5O6S/c34-27(25-6-3-17-39-25)30-11-13-31(14-12-30)28(35)26-23-4-1-2-5-24(23)33(29-26)20-21-7-9-22(10-8-21)40(36,37)32-15-18-38-19-16-32/h1-2,4-5,7-10,25H,3,6,11-20H2. The van der Waals surface area contributed by atoms with E-state index in [9.17, 15) is 18.0 Å². The quantitative estimate of drug-likeness (QED) is 0.444. The van der Waals surface area contributed by atoms with Crippen molar-refractivity contribution < 1.29 is 27.5 Å². The molecule has 40 heavy (non-hydrogen) atoms. The first-order valence-corrected chi connectivity index (χ1v) is 15.2. The number of fused-ring (bicyclic) bond motifs is 1. The molecule has 0 saturated carbocycles. The van der Waals surface area contributed by atoms with E-state index in [2.05, 4.69) is 0 Å². The molecule has 12 heteroatoms. The van der Waals surface area contributed by atoms with Crippen molar-refractivity contribution in [1.82, 2.24) is 23.9 Å². The van der Waals surface area contributed by atoms with Gasteiger partial charge in [-0.15, -0.1) is 0 Å². The molecule has 0 radical (unpaired) electrons. The van der Waals surface area contributed by atoms with Gasteiger partial charge in [-0.1, -0.05) is 30.3 Å². The number of morpholine rings is 1. The van der Waals surface area contributed by atoms with Gasteiger partial charge in [0.05, 0.1) is 30.2 Å². The van der Waals surface area contributed by atoms with Gasteiger partial charge in [0, 0.05) is 51.3 Å². The van der Waals surface area contributed by atoms with Gasteiger partial charge in [-0.25, -0.2) is 8.42 Å². The number of aromatic nitrogens is 2. The largest absolute Gasteiger partial charge is 0.379 e. The van der Waals surface area contributed by atoms with Gasteiger partial charge in [-0.05, 0) is 36.6 Å². The molecular weight excluding hydrogens is 534 g/mol. The van der Waals surface area contributed by atoms with E-state index in [4.69, 9.17) is 14.6 Å². The van der Waals surface area contributed by atoms with Crippen LogP contribution in [0.25, 0.3) is 10.9 Å². The second-order valence-electron chi connectivity index (χ2n) is 10.3. The van der Waals surface area contributed by atoms with E-state index in [1.54, 1.807) is 38.7 Å². The summed E-state index contributed by atoms with van der Waals surface area (Å²) < 4.78 is 40.0. The molecule has 2 aromatic carbocycles. The van der Waals surface area contributed by atoms with E-state index >= 15 is 0 Å². The normalized spacial score (nSPS) is 20.8. The van der Waals surface area contributed by atoms with Crippen molar-refractivity contribution in [2.75, 3.05) is 59.1 Å². The molecule has 0 spiro atoms. The monoisotopic (exact) mass is 567 g/mol. The van der Waals surface area contributed by atoms with E-state index in [1.807, 2.05) is 24.3 Å². The number of hydrogen-bond acceptors (Lipinski definition) is 7. The highest BCUT2D eigenvalue weighted by molar-refractivity contribution is 7.89. The summed E-state index contributed by atoms with van der Waals surface area (Å²) in [7, 11) is -3.57. The highest BCUT2D eigenvalue weighted by atomic mass is 32.2. The van der Waals surface area contributed by atoms with Gasteiger partial charge in [-0.3, -0.25) is 14.3 Å². The molecule has 0 N–H and O–H groups in total. The van der Waals surface area contributed by atoms with Crippen LogP contribution >= 0.6 is 0 Å². The molecule has 3 aromatic rings.